The van der Waals surface area contributed by atoms with Gasteiger partial charge in [-0.15, -0.1) is 11.3 Å². The van der Waals surface area contributed by atoms with Gasteiger partial charge in [0.25, 0.3) is 0 Å². The standard InChI is InChI=1S/C59H51BN2S/c1-57(2)30-31-58(3,4)48-35-41(28-29-46(48)57)59(5,6)47-24-17-25-49-55(47)61-50-36-45-43-22-14-16-27-52(43)63-56(45)53-44-23-13-15-26-51(44)62(60(49)54(50)53)42-33-39(37-18-9-7-10-19-37)32-40(34-42)38-20-11-8-12-21-38/h7-29,32-36,61H,30-31H2,1-6H3. The molecule has 1 aromatic heterocycles. The van der Waals surface area contributed by atoms with E-state index in [1.807, 2.05) is 11.3 Å². The lowest BCUT2D eigenvalue weighted by atomic mass is 9.43. The van der Waals surface area contributed by atoms with Crippen LogP contribution in [0, 0.1) is 0 Å². The number of benzene rings is 8. The van der Waals surface area contributed by atoms with Gasteiger partial charge in [-0.2, -0.15) is 0 Å². The number of nitrogens with one attached hydrogen (secondary N) is 1. The second-order valence-corrected chi connectivity index (χ2v) is 21.1. The van der Waals surface area contributed by atoms with Gasteiger partial charge in [0.15, 0.2) is 0 Å². The summed E-state index contributed by atoms with van der Waals surface area (Å²) in [4.78, 5) is 2.67. The number of para-hydroxylation sites is 2. The quantitative estimate of drug-likeness (QED) is 0.174. The Balaban J connectivity index is 1.14. The van der Waals surface area contributed by atoms with Crippen LogP contribution in [0.2, 0.25) is 0 Å². The summed E-state index contributed by atoms with van der Waals surface area (Å²) < 4.78 is 2.68. The van der Waals surface area contributed by atoms with Crippen LogP contribution in [-0.4, -0.2) is 6.85 Å². The van der Waals surface area contributed by atoms with E-state index in [4.69, 9.17) is 0 Å². The lowest BCUT2D eigenvalue weighted by Gasteiger charge is -2.44. The van der Waals surface area contributed by atoms with Gasteiger partial charge in [0.05, 0.1) is 0 Å². The summed E-state index contributed by atoms with van der Waals surface area (Å²) in [6.45, 7) is 14.5. The van der Waals surface area contributed by atoms with Crippen molar-refractivity contribution in [3.63, 3.8) is 0 Å². The molecule has 0 bridgehead atoms. The molecule has 63 heavy (non-hydrogen) atoms. The van der Waals surface area contributed by atoms with E-state index in [9.17, 15) is 0 Å². The molecule has 3 aliphatic rings. The lowest BCUT2D eigenvalue weighted by Crippen LogP contribution is -2.60. The van der Waals surface area contributed by atoms with Crippen molar-refractivity contribution in [2.75, 3.05) is 10.1 Å². The highest BCUT2D eigenvalue weighted by atomic mass is 32.1. The summed E-state index contributed by atoms with van der Waals surface area (Å²) in [5.74, 6) is 0. The third-order valence-electron chi connectivity index (χ3n) is 15.0. The zero-order valence-electron chi connectivity index (χ0n) is 37.0. The first-order valence-corrected chi connectivity index (χ1v) is 23.5. The highest BCUT2D eigenvalue weighted by molar-refractivity contribution is 7.26. The second-order valence-electron chi connectivity index (χ2n) is 20.0. The minimum atomic E-state index is -0.296. The van der Waals surface area contributed by atoms with Gasteiger partial charge in [0.1, 0.15) is 0 Å². The molecule has 0 spiro atoms. The number of nitrogens with zero attached hydrogens (tertiary/aromatic N) is 1. The molecule has 0 saturated heterocycles. The molecule has 0 atom stereocenters. The van der Waals surface area contributed by atoms with E-state index in [1.165, 1.54) is 122 Å². The van der Waals surface area contributed by atoms with E-state index in [0.717, 1.165) is 0 Å². The molecule has 306 valence electrons. The molecule has 4 heteroatoms. The van der Waals surface area contributed by atoms with Crippen molar-refractivity contribution in [1.82, 2.24) is 0 Å². The fourth-order valence-electron chi connectivity index (χ4n) is 11.3. The van der Waals surface area contributed by atoms with E-state index in [-0.39, 0.29) is 23.1 Å². The van der Waals surface area contributed by atoms with Gasteiger partial charge in [-0.3, -0.25) is 0 Å². The van der Waals surface area contributed by atoms with Gasteiger partial charge in [0, 0.05) is 59.5 Å². The smallest absolute Gasteiger partial charge is 0.333 e. The maximum absolute atomic E-state index is 4.22. The van der Waals surface area contributed by atoms with Gasteiger partial charge < -0.3 is 10.1 Å². The van der Waals surface area contributed by atoms with Gasteiger partial charge in [-0.25, -0.2) is 0 Å². The summed E-state index contributed by atoms with van der Waals surface area (Å²) in [5.41, 5.74) is 20.6. The Labute approximate surface area is 376 Å². The molecular weight excluding hydrogens is 780 g/mol. The first-order chi connectivity index (χ1) is 30.5. The van der Waals surface area contributed by atoms with Crippen LogP contribution in [0.4, 0.5) is 22.7 Å². The van der Waals surface area contributed by atoms with Crippen LogP contribution in [-0.2, 0) is 16.2 Å². The van der Waals surface area contributed by atoms with E-state index >= 15 is 0 Å². The zero-order chi connectivity index (χ0) is 42.8. The second kappa shape index (κ2) is 13.8. The van der Waals surface area contributed by atoms with Gasteiger partial charge in [-0.05, 0) is 116 Å². The van der Waals surface area contributed by atoms with E-state index in [2.05, 4.69) is 222 Å². The van der Waals surface area contributed by atoms with Crippen LogP contribution < -0.4 is 21.1 Å². The topological polar surface area (TPSA) is 15.3 Å². The number of hydrogen-bond acceptors (Lipinski definition) is 3. The summed E-state index contributed by atoms with van der Waals surface area (Å²) >= 11 is 1.93. The van der Waals surface area contributed by atoms with Crippen LogP contribution in [0.3, 0.4) is 0 Å². The Bertz CT molecular complexity index is 3250. The molecule has 3 heterocycles. The lowest BCUT2D eigenvalue weighted by molar-refractivity contribution is 0.331. The monoisotopic (exact) mass is 830 g/mol. The predicted octanol–water partition coefficient (Wildman–Crippen LogP) is 15.0. The number of hydrogen-bond donors (Lipinski definition) is 1. The number of thiophene rings is 1. The van der Waals surface area contributed by atoms with E-state index in [0.29, 0.717) is 0 Å². The summed E-state index contributed by atoms with van der Waals surface area (Å²) in [6, 6.07) is 64.1. The van der Waals surface area contributed by atoms with Crippen LogP contribution in [0.5, 0.6) is 0 Å². The average molecular weight is 831 g/mol. The van der Waals surface area contributed by atoms with Crippen LogP contribution in [0.25, 0.3) is 53.6 Å². The number of rotatable bonds is 5. The average Bonchev–Trinajstić information content (AvgIpc) is 3.68. The molecular formula is C59H51BN2S. The normalized spacial score (nSPS) is 15.7. The Kier molecular flexibility index (Phi) is 8.41. The molecule has 0 saturated carbocycles. The summed E-state index contributed by atoms with van der Waals surface area (Å²) in [7, 11) is 0. The molecule has 1 N–H and O–H groups in total. The Morgan fingerprint density at radius 2 is 1.24 bits per heavy atom. The van der Waals surface area contributed by atoms with Crippen molar-refractivity contribution in [2.45, 2.75) is 70.6 Å². The molecule has 9 aromatic rings. The zero-order valence-corrected chi connectivity index (χ0v) is 37.8. The molecule has 0 amide bonds. The molecule has 1 aliphatic carbocycles. The van der Waals surface area contributed by atoms with Crippen molar-refractivity contribution in [2.24, 2.45) is 0 Å². The predicted molar refractivity (Wildman–Crippen MR) is 273 cm³/mol. The first kappa shape index (κ1) is 38.3. The minimum Gasteiger partial charge on any atom is -0.376 e. The third kappa shape index (κ3) is 5.84. The molecule has 2 nitrogen and oxygen atoms in total. The van der Waals surface area contributed by atoms with Crippen LogP contribution in [0.1, 0.15) is 76.6 Å². The highest BCUT2D eigenvalue weighted by Gasteiger charge is 2.46. The van der Waals surface area contributed by atoms with Crippen LogP contribution >= 0.6 is 11.3 Å². The molecule has 0 radical (unpaired) electrons. The SMILES string of the molecule is CC1(C)CCC(C)(C)c2cc(C(C)(C)c3cccc4c3Nc3cc5c(sc6ccccc65)c5c3B4N(c3cc(-c4ccccc4)cc(-c4ccccc4)c3)c3ccccc3-5)ccc21. The van der Waals surface area contributed by atoms with Crippen molar-refractivity contribution < 1.29 is 0 Å². The molecule has 0 fully saturated rings. The van der Waals surface area contributed by atoms with Gasteiger partial charge >= 0.3 is 6.85 Å². The largest absolute Gasteiger partial charge is 0.376 e. The van der Waals surface area contributed by atoms with Crippen LogP contribution in [0.15, 0.2) is 170 Å². The Morgan fingerprint density at radius 1 is 0.587 bits per heavy atom. The van der Waals surface area contributed by atoms with Crippen molar-refractivity contribution in [3.8, 4) is 33.4 Å². The maximum Gasteiger partial charge on any atom is 0.333 e. The highest BCUT2D eigenvalue weighted by Crippen LogP contribution is 2.52. The summed E-state index contributed by atoms with van der Waals surface area (Å²) in [5, 5.41) is 6.85. The molecule has 8 aromatic carbocycles. The van der Waals surface area contributed by atoms with Gasteiger partial charge in [-0.1, -0.05) is 175 Å². The number of fused-ring (bicyclic) bond motifs is 9. The number of anilines is 4. The van der Waals surface area contributed by atoms with Gasteiger partial charge in [0.2, 0.25) is 0 Å². The van der Waals surface area contributed by atoms with E-state index in [1.54, 1.807) is 0 Å². The molecule has 0 unspecified atom stereocenters. The Hall–Kier alpha value is -6.36. The van der Waals surface area contributed by atoms with E-state index < -0.39 is 0 Å². The maximum atomic E-state index is 4.22. The van der Waals surface area contributed by atoms with Crippen molar-refractivity contribution in [1.29, 1.82) is 0 Å². The fourth-order valence-corrected chi connectivity index (χ4v) is 12.6. The fraction of sp³-hybridized carbons (Fsp3) is 0.186. The summed E-state index contributed by atoms with van der Waals surface area (Å²) in [6.07, 6.45) is 2.41. The minimum absolute atomic E-state index is 0.0931. The van der Waals surface area contributed by atoms with Crippen molar-refractivity contribution in [3.05, 3.63) is 192 Å². The van der Waals surface area contributed by atoms with Crippen molar-refractivity contribution >= 4 is 72.0 Å². The Morgan fingerprint density at radius 3 is 1.97 bits per heavy atom. The molecule has 2 aliphatic heterocycles. The first-order valence-electron chi connectivity index (χ1n) is 22.7. The molecule has 12 rings (SSSR count). The third-order valence-corrected chi connectivity index (χ3v) is 16.2.